The minimum atomic E-state index is -0.174. The molecule has 2 aromatic carbocycles. The Morgan fingerprint density at radius 1 is 0.929 bits per heavy atom. The van der Waals surface area contributed by atoms with Gasteiger partial charge in [-0.2, -0.15) is 0 Å². The van der Waals surface area contributed by atoms with E-state index in [1.54, 1.807) is 20.3 Å². The maximum atomic E-state index is 12.5. The summed E-state index contributed by atoms with van der Waals surface area (Å²) in [5.41, 5.74) is 1.75. The number of benzene rings is 2. The van der Waals surface area contributed by atoms with Crippen LogP contribution in [0.1, 0.15) is 37.9 Å². The van der Waals surface area contributed by atoms with E-state index in [0.29, 0.717) is 36.2 Å². The number of rotatable bonds is 10. The van der Waals surface area contributed by atoms with Gasteiger partial charge >= 0.3 is 0 Å². The molecule has 6 nitrogen and oxygen atoms in total. The Morgan fingerprint density at radius 2 is 1.64 bits per heavy atom. The highest BCUT2D eigenvalue weighted by Crippen LogP contribution is 2.31. The van der Waals surface area contributed by atoms with Crippen LogP contribution in [-0.2, 0) is 11.2 Å². The Morgan fingerprint density at radius 3 is 2.29 bits per heavy atom. The van der Waals surface area contributed by atoms with Crippen molar-refractivity contribution in [2.75, 3.05) is 27.4 Å². The van der Waals surface area contributed by atoms with Gasteiger partial charge in [-0.3, -0.25) is 4.79 Å². The SMILES string of the molecule is CCOc1ccc([C@H](C)NC(=O)Cc2ccc(OC)cc2OC)cc1OCC. The molecule has 28 heavy (non-hydrogen) atoms. The van der Waals surface area contributed by atoms with Crippen molar-refractivity contribution in [1.82, 2.24) is 5.32 Å². The van der Waals surface area contributed by atoms with Crippen LogP contribution in [0.2, 0.25) is 0 Å². The molecule has 0 saturated heterocycles. The van der Waals surface area contributed by atoms with Crippen molar-refractivity contribution in [3.8, 4) is 23.0 Å². The fourth-order valence-electron chi connectivity index (χ4n) is 2.88. The predicted octanol–water partition coefficient (Wildman–Crippen LogP) is 3.92. The molecule has 0 aliphatic rings. The fraction of sp³-hybridized carbons (Fsp3) is 0.409. The second-order valence-corrected chi connectivity index (χ2v) is 6.22. The van der Waals surface area contributed by atoms with Crippen molar-refractivity contribution < 1.29 is 23.7 Å². The molecule has 0 radical (unpaired) electrons. The average molecular weight is 387 g/mol. The minimum absolute atomic E-state index is 0.0946. The maximum Gasteiger partial charge on any atom is 0.225 e. The first-order valence-corrected chi connectivity index (χ1v) is 9.42. The predicted molar refractivity (Wildman–Crippen MR) is 109 cm³/mol. The first-order chi connectivity index (χ1) is 13.5. The first kappa shape index (κ1) is 21.4. The topological polar surface area (TPSA) is 66.0 Å². The van der Waals surface area contributed by atoms with Crippen molar-refractivity contribution in [2.45, 2.75) is 33.2 Å². The van der Waals surface area contributed by atoms with Gasteiger partial charge in [-0.25, -0.2) is 0 Å². The Balaban J connectivity index is 2.09. The number of nitrogens with one attached hydrogen (secondary N) is 1. The van der Waals surface area contributed by atoms with Crippen LogP contribution in [-0.4, -0.2) is 33.3 Å². The molecule has 0 aromatic heterocycles. The maximum absolute atomic E-state index is 12.5. The van der Waals surface area contributed by atoms with Crippen LogP contribution < -0.4 is 24.3 Å². The molecule has 0 aliphatic heterocycles. The second-order valence-electron chi connectivity index (χ2n) is 6.22. The zero-order valence-electron chi connectivity index (χ0n) is 17.2. The van der Waals surface area contributed by atoms with Crippen molar-refractivity contribution in [3.05, 3.63) is 47.5 Å². The summed E-state index contributed by atoms with van der Waals surface area (Å²) in [5.74, 6) is 2.60. The number of carbonyl (C=O) groups is 1. The molecule has 2 rings (SSSR count). The van der Waals surface area contributed by atoms with Crippen LogP contribution in [0.5, 0.6) is 23.0 Å². The molecule has 1 amide bonds. The van der Waals surface area contributed by atoms with Crippen molar-refractivity contribution >= 4 is 5.91 Å². The lowest BCUT2D eigenvalue weighted by Crippen LogP contribution is -2.28. The lowest BCUT2D eigenvalue weighted by atomic mass is 10.1. The highest BCUT2D eigenvalue weighted by atomic mass is 16.5. The largest absolute Gasteiger partial charge is 0.497 e. The summed E-state index contributed by atoms with van der Waals surface area (Å²) in [4.78, 5) is 12.5. The molecule has 0 bridgehead atoms. The molecule has 1 atom stereocenters. The second kappa shape index (κ2) is 10.4. The summed E-state index contributed by atoms with van der Waals surface area (Å²) in [6.07, 6.45) is 0.215. The summed E-state index contributed by atoms with van der Waals surface area (Å²) < 4.78 is 21.8. The van der Waals surface area contributed by atoms with E-state index in [1.807, 2.05) is 51.1 Å². The number of amides is 1. The van der Waals surface area contributed by atoms with Gasteiger partial charge < -0.3 is 24.3 Å². The van der Waals surface area contributed by atoms with E-state index < -0.39 is 0 Å². The van der Waals surface area contributed by atoms with Crippen LogP contribution >= 0.6 is 0 Å². The molecule has 0 heterocycles. The monoisotopic (exact) mass is 387 g/mol. The summed E-state index contributed by atoms with van der Waals surface area (Å²) in [6, 6.07) is 11.0. The first-order valence-electron chi connectivity index (χ1n) is 9.42. The molecule has 0 saturated carbocycles. The van der Waals surface area contributed by atoms with Crippen LogP contribution in [0.3, 0.4) is 0 Å². The zero-order chi connectivity index (χ0) is 20.5. The van der Waals surface area contributed by atoms with E-state index in [2.05, 4.69) is 5.32 Å². The standard InChI is InChI=1S/C22H29NO5/c1-6-27-19-11-9-16(12-21(19)28-7-2)15(3)23-22(24)13-17-8-10-18(25-4)14-20(17)26-5/h8-12,14-15H,6-7,13H2,1-5H3,(H,23,24)/t15-/m0/s1. The molecule has 2 aromatic rings. The molecule has 0 spiro atoms. The third-order valence-corrected chi connectivity index (χ3v) is 4.29. The van der Waals surface area contributed by atoms with E-state index in [4.69, 9.17) is 18.9 Å². The van der Waals surface area contributed by atoms with Crippen LogP contribution in [0.15, 0.2) is 36.4 Å². The number of ether oxygens (including phenoxy) is 4. The van der Waals surface area contributed by atoms with Crippen molar-refractivity contribution in [2.24, 2.45) is 0 Å². The Labute approximate surface area is 166 Å². The quantitative estimate of drug-likeness (QED) is 0.669. The van der Waals surface area contributed by atoms with Gasteiger partial charge in [-0.15, -0.1) is 0 Å². The van der Waals surface area contributed by atoms with Gasteiger partial charge in [0.25, 0.3) is 0 Å². The zero-order valence-corrected chi connectivity index (χ0v) is 17.2. The highest BCUT2D eigenvalue weighted by Gasteiger charge is 2.15. The lowest BCUT2D eigenvalue weighted by Gasteiger charge is -2.18. The average Bonchev–Trinajstić information content (AvgIpc) is 2.69. The van der Waals surface area contributed by atoms with Gasteiger partial charge in [0.2, 0.25) is 5.91 Å². The summed E-state index contributed by atoms with van der Waals surface area (Å²) in [6.45, 7) is 6.90. The van der Waals surface area contributed by atoms with Gasteiger partial charge in [-0.1, -0.05) is 12.1 Å². The third-order valence-electron chi connectivity index (χ3n) is 4.29. The van der Waals surface area contributed by atoms with Crippen LogP contribution in [0.25, 0.3) is 0 Å². The molecule has 1 N–H and O–H groups in total. The third kappa shape index (κ3) is 5.55. The smallest absolute Gasteiger partial charge is 0.225 e. The van der Waals surface area contributed by atoms with Gasteiger partial charge in [0.1, 0.15) is 11.5 Å². The van der Waals surface area contributed by atoms with Gasteiger partial charge in [0.05, 0.1) is 39.9 Å². The fourth-order valence-corrected chi connectivity index (χ4v) is 2.88. The van der Waals surface area contributed by atoms with Gasteiger partial charge in [-0.05, 0) is 44.5 Å². The molecule has 0 aliphatic carbocycles. The lowest BCUT2D eigenvalue weighted by molar-refractivity contribution is -0.121. The number of carbonyl (C=O) groups excluding carboxylic acids is 1. The van der Waals surface area contributed by atoms with Gasteiger partial charge in [0.15, 0.2) is 11.5 Å². The molecule has 0 fully saturated rings. The highest BCUT2D eigenvalue weighted by molar-refractivity contribution is 5.80. The number of methoxy groups -OCH3 is 2. The van der Waals surface area contributed by atoms with Crippen molar-refractivity contribution in [3.63, 3.8) is 0 Å². The Hall–Kier alpha value is -2.89. The Kier molecular flexibility index (Phi) is 7.99. The molecule has 152 valence electrons. The van der Waals surface area contributed by atoms with E-state index >= 15 is 0 Å². The molecular weight excluding hydrogens is 358 g/mol. The summed E-state index contributed by atoms with van der Waals surface area (Å²) >= 11 is 0. The normalized spacial score (nSPS) is 11.5. The van der Waals surface area contributed by atoms with Crippen LogP contribution in [0.4, 0.5) is 0 Å². The molecule has 0 unspecified atom stereocenters. The molecular formula is C22H29NO5. The van der Waals surface area contributed by atoms with E-state index in [9.17, 15) is 4.79 Å². The van der Waals surface area contributed by atoms with Crippen molar-refractivity contribution in [1.29, 1.82) is 0 Å². The minimum Gasteiger partial charge on any atom is -0.497 e. The Bertz CT molecular complexity index is 790. The number of hydrogen-bond donors (Lipinski definition) is 1. The van der Waals surface area contributed by atoms with Gasteiger partial charge in [0, 0.05) is 11.6 Å². The van der Waals surface area contributed by atoms with E-state index in [-0.39, 0.29) is 18.4 Å². The van der Waals surface area contributed by atoms with E-state index in [1.165, 1.54) is 0 Å². The molecule has 6 heteroatoms. The summed E-state index contributed by atoms with van der Waals surface area (Å²) in [7, 11) is 3.17. The van der Waals surface area contributed by atoms with Crippen LogP contribution in [0, 0.1) is 0 Å². The summed E-state index contributed by atoms with van der Waals surface area (Å²) in [5, 5.41) is 3.02. The number of hydrogen-bond acceptors (Lipinski definition) is 5. The van der Waals surface area contributed by atoms with E-state index in [0.717, 1.165) is 11.1 Å².